The van der Waals surface area contributed by atoms with Crippen molar-refractivity contribution in [2.45, 2.75) is 54.6 Å². The molecule has 3 rings (SSSR count). The standard InChI is InChI=1S/C16H18FNO2S/c17-13-6-2-3-7-14(13)21(19,20)16(12-18)10-15(11-16)8-4-1-5-9-15/h2-3,6-7H,1,4-5,8-11H2. The van der Waals surface area contributed by atoms with E-state index in [0.717, 1.165) is 31.7 Å². The van der Waals surface area contributed by atoms with Gasteiger partial charge in [-0.2, -0.15) is 5.26 Å². The highest BCUT2D eigenvalue weighted by Crippen LogP contribution is 2.60. The van der Waals surface area contributed by atoms with Crippen LogP contribution in [0.1, 0.15) is 44.9 Å². The molecule has 2 aliphatic rings. The highest BCUT2D eigenvalue weighted by Gasteiger charge is 2.62. The van der Waals surface area contributed by atoms with Gasteiger partial charge >= 0.3 is 0 Å². The second-order valence-electron chi connectivity index (χ2n) is 6.45. The van der Waals surface area contributed by atoms with E-state index >= 15 is 0 Å². The van der Waals surface area contributed by atoms with Gasteiger partial charge in [0.15, 0.2) is 14.6 Å². The molecule has 2 saturated carbocycles. The van der Waals surface area contributed by atoms with Crippen molar-refractivity contribution in [3.8, 4) is 6.07 Å². The average Bonchev–Trinajstić information content (AvgIpc) is 2.45. The van der Waals surface area contributed by atoms with Crippen LogP contribution in [0.5, 0.6) is 0 Å². The quantitative estimate of drug-likeness (QED) is 0.838. The van der Waals surface area contributed by atoms with Crippen LogP contribution < -0.4 is 0 Å². The lowest BCUT2D eigenvalue weighted by Crippen LogP contribution is -2.56. The van der Waals surface area contributed by atoms with Gasteiger partial charge in [-0.05, 0) is 43.2 Å². The van der Waals surface area contributed by atoms with Crippen LogP contribution in [0, 0.1) is 22.6 Å². The van der Waals surface area contributed by atoms with E-state index in [1.165, 1.54) is 24.6 Å². The Morgan fingerprint density at radius 1 is 1.10 bits per heavy atom. The zero-order valence-corrected chi connectivity index (χ0v) is 12.6. The first kappa shape index (κ1) is 14.5. The summed E-state index contributed by atoms with van der Waals surface area (Å²) < 4.78 is 37.9. The number of sulfone groups is 1. The SMILES string of the molecule is N#CC1(S(=O)(=O)c2ccccc2F)CC2(CCCCC2)C1. The van der Waals surface area contributed by atoms with E-state index in [9.17, 15) is 18.1 Å². The van der Waals surface area contributed by atoms with Gasteiger partial charge in [0.2, 0.25) is 0 Å². The normalized spacial score (nSPS) is 23.2. The van der Waals surface area contributed by atoms with Crippen LogP contribution >= 0.6 is 0 Å². The molecule has 0 radical (unpaired) electrons. The Bertz CT molecular complexity index is 691. The Morgan fingerprint density at radius 2 is 1.71 bits per heavy atom. The first-order chi connectivity index (χ1) is 9.95. The third kappa shape index (κ3) is 2.08. The summed E-state index contributed by atoms with van der Waals surface area (Å²) in [6.45, 7) is 0. The minimum Gasteiger partial charge on any atom is -0.222 e. The molecule has 2 fully saturated rings. The van der Waals surface area contributed by atoms with Crippen molar-refractivity contribution in [3.63, 3.8) is 0 Å². The second kappa shape index (κ2) is 4.81. The molecule has 0 aromatic heterocycles. The molecule has 1 aromatic carbocycles. The molecule has 21 heavy (non-hydrogen) atoms. The molecule has 0 amide bonds. The van der Waals surface area contributed by atoms with Crippen molar-refractivity contribution in [1.82, 2.24) is 0 Å². The van der Waals surface area contributed by atoms with Crippen LogP contribution in [0.15, 0.2) is 29.2 Å². The highest BCUT2D eigenvalue weighted by atomic mass is 32.2. The fourth-order valence-corrected chi connectivity index (χ4v) is 6.13. The number of halogens is 1. The number of rotatable bonds is 2. The van der Waals surface area contributed by atoms with Gasteiger partial charge < -0.3 is 0 Å². The van der Waals surface area contributed by atoms with Gasteiger partial charge in [-0.25, -0.2) is 12.8 Å². The van der Waals surface area contributed by atoms with Gasteiger partial charge in [-0.3, -0.25) is 0 Å². The molecule has 0 bridgehead atoms. The minimum absolute atomic E-state index is 0.00763. The number of hydrogen-bond acceptors (Lipinski definition) is 3. The van der Waals surface area contributed by atoms with Crippen LogP contribution in [-0.2, 0) is 9.84 Å². The summed E-state index contributed by atoms with van der Waals surface area (Å²) in [5, 5.41) is 9.49. The van der Waals surface area contributed by atoms with E-state index in [2.05, 4.69) is 0 Å². The second-order valence-corrected chi connectivity index (χ2v) is 8.68. The van der Waals surface area contributed by atoms with Crippen molar-refractivity contribution in [2.24, 2.45) is 5.41 Å². The average molecular weight is 307 g/mol. The van der Waals surface area contributed by atoms with E-state index < -0.39 is 20.4 Å². The molecule has 5 heteroatoms. The predicted octanol–water partition coefficient (Wildman–Crippen LogP) is 3.61. The number of benzene rings is 1. The fraction of sp³-hybridized carbons (Fsp3) is 0.562. The summed E-state index contributed by atoms with van der Waals surface area (Å²) in [5.41, 5.74) is -0.00763. The molecule has 0 saturated heterocycles. The number of nitrogens with zero attached hydrogens (tertiary/aromatic N) is 1. The van der Waals surface area contributed by atoms with Gasteiger partial charge in [0.25, 0.3) is 0 Å². The highest BCUT2D eigenvalue weighted by molar-refractivity contribution is 7.93. The lowest BCUT2D eigenvalue weighted by atomic mass is 9.56. The Labute approximate surface area is 124 Å². The molecule has 0 N–H and O–H groups in total. The van der Waals surface area contributed by atoms with Gasteiger partial charge in [-0.1, -0.05) is 31.4 Å². The lowest BCUT2D eigenvalue weighted by molar-refractivity contribution is 0.0547. The number of hydrogen-bond donors (Lipinski definition) is 0. The maximum Gasteiger partial charge on any atom is 0.200 e. The molecule has 0 unspecified atom stereocenters. The van der Waals surface area contributed by atoms with Crippen molar-refractivity contribution in [3.05, 3.63) is 30.1 Å². The summed E-state index contributed by atoms with van der Waals surface area (Å²) in [6.07, 6.45) is 6.07. The smallest absolute Gasteiger partial charge is 0.200 e. The van der Waals surface area contributed by atoms with Gasteiger partial charge in [0.1, 0.15) is 10.7 Å². The third-order valence-electron chi connectivity index (χ3n) is 5.08. The van der Waals surface area contributed by atoms with Crippen LogP contribution in [0.4, 0.5) is 4.39 Å². The van der Waals surface area contributed by atoms with E-state index in [1.54, 1.807) is 0 Å². The van der Waals surface area contributed by atoms with Crippen molar-refractivity contribution in [2.75, 3.05) is 0 Å². The molecule has 0 heterocycles. The molecule has 3 nitrogen and oxygen atoms in total. The lowest BCUT2D eigenvalue weighted by Gasteiger charge is -2.53. The third-order valence-corrected chi connectivity index (χ3v) is 7.40. The summed E-state index contributed by atoms with van der Waals surface area (Å²) in [7, 11) is -3.96. The molecule has 112 valence electrons. The zero-order valence-electron chi connectivity index (χ0n) is 11.8. The van der Waals surface area contributed by atoms with Crippen LogP contribution in [0.25, 0.3) is 0 Å². The van der Waals surface area contributed by atoms with E-state index in [4.69, 9.17) is 0 Å². The Balaban J connectivity index is 1.95. The van der Waals surface area contributed by atoms with Crippen LogP contribution in [-0.4, -0.2) is 13.2 Å². The predicted molar refractivity (Wildman–Crippen MR) is 76.7 cm³/mol. The zero-order chi connectivity index (χ0) is 15.1. The monoisotopic (exact) mass is 307 g/mol. The first-order valence-electron chi connectivity index (χ1n) is 7.35. The topological polar surface area (TPSA) is 57.9 Å². The summed E-state index contributed by atoms with van der Waals surface area (Å²) >= 11 is 0. The Morgan fingerprint density at radius 3 is 2.29 bits per heavy atom. The summed E-state index contributed by atoms with van der Waals surface area (Å²) in [6, 6.07) is 7.34. The summed E-state index contributed by atoms with van der Waals surface area (Å²) in [4.78, 5) is -0.336. The van der Waals surface area contributed by atoms with E-state index in [1.807, 2.05) is 6.07 Å². The van der Waals surface area contributed by atoms with Gasteiger partial charge in [-0.15, -0.1) is 0 Å². The van der Waals surface area contributed by atoms with Crippen molar-refractivity contribution >= 4 is 9.84 Å². The molecule has 1 aromatic rings. The minimum atomic E-state index is -3.96. The molecule has 2 aliphatic carbocycles. The van der Waals surface area contributed by atoms with E-state index in [-0.39, 0.29) is 10.3 Å². The Kier molecular flexibility index (Phi) is 3.32. The molecule has 0 atom stereocenters. The van der Waals surface area contributed by atoms with Gasteiger partial charge in [0, 0.05) is 0 Å². The number of nitriles is 1. The molecular formula is C16H18FNO2S. The largest absolute Gasteiger partial charge is 0.222 e. The maximum absolute atomic E-state index is 13.9. The molecule has 0 aliphatic heterocycles. The van der Waals surface area contributed by atoms with Crippen LogP contribution in [0.3, 0.4) is 0 Å². The van der Waals surface area contributed by atoms with Crippen molar-refractivity contribution in [1.29, 1.82) is 5.26 Å². The fourth-order valence-electron chi connectivity index (χ4n) is 4.02. The maximum atomic E-state index is 13.9. The van der Waals surface area contributed by atoms with E-state index in [0.29, 0.717) is 12.8 Å². The van der Waals surface area contributed by atoms with Crippen LogP contribution in [0.2, 0.25) is 0 Å². The Hall–Kier alpha value is -1.41. The van der Waals surface area contributed by atoms with Crippen molar-refractivity contribution < 1.29 is 12.8 Å². The van der Waals surface area contributed by atoms with Gasteiger partial charge in [0.05, 0.1) is 6.07 Å². The molecule has 1 spiro atoms. The first-order valence-corrected chi connectivity index (χ1v) is 8.84. The summed E-state index contributed by atoms with van der Waals surface area (Å²) in [5.74, 6) is -0.767. The molecular weight excluding hydrogens is 289 g/mol.